The van der Waals surface area contributed by atoms with Gasteiger partial charge in [-0.2, -0.15) is 0 Å². The molecule has 4 aromatic carbocycles. The van der Waals surface area contributed by atoms with E-state index in [1.807, 2.05) is 36.4 Å². The van der Waals surface area contributed by atoms with Crippen LogP contribution in [0, 0.1) is 0 Å². The number of aliphatic carboxylic acids is 1. The fourth-order valence-corrected chi connectivity index (χ4v) is 5.49. The minimum atomic E-state index is -1.04. The molecule has 0 atom stereocenters. The van der Waals surface area contributed by atoms with Gasteiger partial charge in [-0.25, -0.2) is 4.98 Å². The van der Waals surface area contributed by atoms with E-state index >= 15 is 0 Å². The summed E-state index contributed by atoms with van der Waals surface area (Å²) in [6, 6.07) is 36.6. The zero-order valence-corrected chi connectivity index (χ0v) is 23.6. The third-order valence-corrected chi connectivity index (χ3v) is 7.76. The minimum Gasteiger partial charge on any atom is -0.480 e. The summed E-state index contributed by atoms with van der Waals surface area (Å²) in [6.45, 7) is 1.08. The van der Waals surface area contributed by atoms with E-state index in [0.717, 1.165) is 34.9 Å². The number of amides is 1. The van der Waals surface area contributed by atoms with Crippen LogP contribution in [0.15, 0.2) is 115 Å². The fourth-order valence-electron chi connectivity index (χ4n) is 4.63. The van der Waals surface area contributed by atoms with Gasteiger partial charge in [0.2, 0.25) is 0 Å². The smallest absolute Gasteiger partial charge is 0.323 e. The van der Waals surface area contributed by atoms with Gasteiger partial charge in [-0.05, 0) is 40.8 Å². The van der Waals surface area contributed by atoms with E-state index in [0.29, 0.717) is 12.1 Å². The van der Waals surface area contributed by atoms with Crippen molar-refractivity contribution >= 4 is 28.3 Å². The quantitative estimate of drug-likeness (QED) is 0.190. The Hall–Kier alpha value is -4.75. The van der Waals surface area contributed by atoms with Gasteiger partial charge in [-0.3, -0.25) is 9.59 Å². The van der Waals surface area contributed by atoms with Crippen molar-refractivity contribution < 1.29 is 14.7 Å². The van der Waals surface area contributed by atoms with Gasteiger partial charge in [-0.15, -0.1) is 11.3 Å². The average molecular weight is 562 g/mol. The van der Waals surface area contributed by atoms with Crippen LogP contribution in [0.3, 0.4) is 0 Å². The van der Waals surface area contributed by atoms with Crippen molar-refractivity contribution in [3.8, 4) is 22.4 Å². The van der Waals surface area contributed by atoms with Gasteiger partial charge in [0, 0.05) is 36.6 Å². The summed E-state index contributed by atoms with van der Waals surface area (Å²) in [6.07, 6.45) is 0.873. The lowest BCUT2D eigenvalue weighted by Crippen LogP contribution is -2.31. The van der Waals surface area contributed by atoms with E-state index in [4.69, 9.17) is 10.1 Å². The Labute approximate surface area is 244 Å². The molecule has 206 valence electrons. The molecule has 1 aromatic heterocycles. The molecule has 7 heteroatoms. The molecule has 5 aromatic rings. The fraction of sp³-hybridized carbons (Fsp3) is 0.147. The van der Waals surface area contributed by atoms with Crippen molar-refractivity contribution in [2.24, 2.45) is 0 Å². The summed E-state index contributed by atoms with van der Waals surface area (Å²) in [5.41, 5.74) is 7.13. The van der Waals surface area contributed by atoms with Crippen LogP contribution in [0.5, 0.6) is 0 Å². The number of nitrogens with zero attached hydrogens (tertiary/aromatic N) is 3. The number of hydrogen-bond acceptors (Lipinski definition) is 5. The van der Waals surface area contributed by atoms with Crippen LogP contribution in [0.2, 0.25) is 0 Å². The van der Waals surface area contributed by atoms with E-state index in [1.54, 1.807) is 23.5 Å². The standard InChI is InChI=1S/C34H31N3O3S/c1-36(23-32(38)39)33(40)30-14-12-26(13-15-30)22-37(21-20-25-8-4-2-5-9-25)34-35-31(24-41-34)29-18-16-28(17-19-29)27-10-6-3-7-11-27/h2-19,24H,20-23H2,1H3,(H,38,39). The van der Waals surface area contributed by atoms with Gasteiger partial charge in [0.25, 0.3) is 5.91 Å². The normalized spacial score (nSPS) is 10.8. The molecule has 1 N–H and O–H groups in total. The molecule has 41 heavy (non-hydrogen) atoms. The van der Waals surface area contributed by atoms with Gasteiger partial charge >= 0.3 is 5.97 Å². The lowest BCUT2D eigenvalue weighted by atomic mass is 10.0. The summed E-state index contributed by atoms with van der Waals surface area (Å²) in [4.78, 5) is 32.0. The van der Waals surface area contributed by atoms with Crippen molar-refractivity contribution in [3.05, 3.63) is 131 Å². The van der Waals surface area contributed by atoms with Crippen molar-refractivity contribution in [2.75, 3.05) is 25.0 Å². The maximum Gasteiger partial charge on any atom is 0.323 e. The number of likely N-dealkylation sites (N-methyl/N-ethyl adjacent to an activating group) is 1. The highest BCUT2D eigenvalue weighted by atomic mass is 32.1. The monoisotopic (exact) mass is 561 g/mol. The van der Waals surface area contributed by atoms with E-state index in [2.05, 4.69) is 70.9 Å². The predicted octanol–water partition coefficient (Wildman–Crippen LogP) is 6.88. The van der Waals surface area contributed by atoms with Crippen LogP contribution in [0.25, 0.3) is 22.4 Å². The van der Waals surface area contributed by atoms with Gasteiger partial charge < -0.3 is 14.9 Å². The van der Waals surface area contributed by atoms with Gasteiger partial charge in [0.15, 0.2) is 5.13 Å². The van der Waals surface area contributed by atoms with Gasteiger partial charge in [0.05, 0.1) is 5.69 Å². The first-order valence-corrected chi connectivity index (χ1v) is 14.3. The zero-order chi connectivity index (χ0) is 28.6. The Morgan fingerprint density at radius 2 is 1.37 bits per heavy atom. The minimum absolute atomic E-state index is 0.317. The molecule has 0 spiro atoms. The summed E-state index contributed by atoms with van der Waals surface area (Å²) < 4.78 is 0. The summed E-state index contributed by atoms with van der Waals surface area (Å²) in [7, 11) is 1.49. The topological polar surface area (TPSA) is 73.7 Å². The highest BCUT2D eigenvalue weighted by molar-refractivity contribution is 7.14. The number of anilines is 1. The number of carboxylic acids is 1. The number of rotatable bonds is 11. The Kier molecular flexibility index (Phi) is 8.86. The van der Waals surface area contributed by atoms with Crippen LogP contribution in [-0.4, -0.2) is 47.0 Å². The second kappa shape index (κ2) is 13.1. The number of carboxylic acid groups (broad SMARTS) is 1. The Balaban J connectivity index is 1.34. The number of carbonyl (C=O) groups is 2. The first-order chi connectivity index (χ1) is 20.0. The van der Waals surface area contributed by atoms with Crippen molar-refractivity contribution in [2.45, 2.75) is 13.0 Å². The molecule has 1 heterocycles. The second-order valence-corrected chi connectivity index (χ2v) is 10.7. The van der Waals surface area contributed by atoms with Gasteiger partial charge in [-0.1, -0.05) is 97.1 Å². The number of hydrogen-bond donors (Lipinski definition) is 1. The van der Waals surface area contributed by atoms with Crippen LogP contribution < -0.4 is 4.90 Å². The maximum atomic E-state index is 12.6. The SMILES string of the molecule is CN(CC(=O)O)C(=O)c1ccc(CN(CCc2ccccc2)c2nc(-c3ccc(-c4ccccc4)cc3)cs2)cc1. The molecular formula is C34H31N3O3S. The Morgan fingerprint density at radius 1 is 0.756 bits per heavy atom. The molecule has 0 aliphatic rings. The Bertz CT molecular complexity index is 1580. The van der Waals surface area contributed by atoms with E-state index in [1.165, 1.54) is 28.6 Å². The van der Waals surface area contributed by atoms with Crippen LogP contribution in [0.4, 0.5) is 5.13 Å². The molecule has 0 unspecified atom stereocenters. The number of carbonyl (C=O) groups excluding carboxylic acids is 1. The van der Waals surface area contributed by atoms with Crippen molar-refractivity contribution in [1.82, 2.24) is 9.88 Å². The predicted molar refractivity (Wildman–Crippen MR) is 165 cm³/mol. The van der Waals surface area contributed by atoms with E-state index < -0.39 is 5.97 Å². The van der Waals surface area contributed by atoms with Gasteiger partial charge in [0.1, 0.15) is 6.54 Å². The molecule has 1 amide bonds. The highest BCUT2D eigenvalue weighted by Crippen LogP contribution is 2.30. The van der Waals surface area contributed by atoms with E-state index in [-0.39, 0.29) is 12.5 Å². The lowest BCUT2D eigenvalue weighted by Gasteiger charge is -2.22. The molecular weight excluding hydrogens is 530 g/mol. The molecule has 6 nitrogen and oxygen atoms in total. The average Bonchev–Trinajstić information content (AvgIpc) is 3.50. The first-order valence-electron chi connectivity index (χ1n) is 13.4. The van der Waals surface area contributed by atoms with Crippen LogP contribution in [0.1, 0.15) is 21.5 Å². The molecule has 5 rings (SSSR count). The highest BCUT2D eigenvalue weighted by Gasteiger charge is 2.16. The molecule has 0 bridgehead atoms. The molecule has 0 saturated heterocycles. The number of aromatic nitrogens is 1. The maximum absolute atomic E-state index is 12.6. The summed E-state index contributed by atoms with van der Waals surface area (Å²) in [5.74, 6) is -1.36. The zero-order valence-electron chi connectivity index (χ0n) is 22.8. The molecule has 0 saturated carbocycles. The summed E-state index contributed by atoms with van der Waals surface area (Å²) in [5, 5.41) is 12.0. The Morgan fingerprint density at radius 3 is 2.02 bits per heavy atom. The first kappa shape index (κ1) is 27.8. The molecule has 0 fully saturated rings. The van der Waals surface area contributed by atoms with Crippen molar-refractivity contribution in [3.63, 3.8) is 0 Å². The largest absolute Gasteiger partial charge is 0.480 e. The molecule has 0 aliphatic heterocycles. The van der Waals surface area contributed by atoms with Crippen LogP contribution >= 0.6 is 11.3 Å². The third kappa shape index (κ3) is 7.26. The summed E-state index contributed by atoms with van der Waals surface area (Å²) >= 11 is 1.62. The molecule has 0 aliphatic carbocycles. The van der Waals surface area contributed by atoms with Crippen molar-refractivity contribution in [1.29, 1.82) is 0 Å². The number of thiazole rings is 1. The van der Waals surface area contributed by atoms with Crippen LogP contribution in [-0.2, 0) is 17.8 Å². The third-order valence-electron chi connectivity index (χ3n) is 6.86. The molecule has 0 radical (unpaired) electrons. The lowest BCUT2D eigenvalue weighted by molar-refractivity contribution is -0.137. The van der Waals surface area contributed by atoms with E-state index in [9.17, 15) is 9.59 Å². The number of benzene rings is 4. The second-order valence-electron chi connectivity index (χ2n) is 9.87.